The van der Waals surface area contributed by atoms with Crippen molar-refractivity contribution < 1.29 is 14.3 Å². The zero-order chi connectivity index (χ0) is 15.1. The molecule has 1 aromatic carbocycles. The van der Waals surface area contributed by atoms with E-state index in [1.165, 1.54) is 23.5 Å². The number of halogens is 3. The third-order valence-corrected chi connectivity index (χ3v) is 4.85. The zero-order valence-electron chi connectivity index (χ0n) is 10.5. The summed E-state index contributed by atoms with van der Waals surface area (Å²) in [5.74, 6) is -2.08. The first-order valence-corrected chi connectivity index (χ1v) is 7.67. The number of fused-ring (bicyclic) bond motifs is 1. The Balaban J connectivity index is 1.87. The van der Waals surface area contributed by atoms with Gasteiger partial charge in [-0.15, -0.1) is 11.3 Å². The summed E-state index contributed by atoms with van der Waals surface area (Å²) in [5, 5.41) is 12.5. The molecule has 0 saturated carbocycles. The largest absolute Gasteiger partial charge is 0.481 e. The summed E-state index contributed by atoms with van der Waals surface area (Å²) in [6.07, 6.45) is 1.29. The molecule has 1 aliphatic rings. The molecule has 110 valence electrons. The second-order valence-electron chi connectivity index (χ2n) is 4.64. The minimum Gasteiger partial charge on any atom is -0.481 e. The van der Waals surface area contributed by atoms with E-state index in [1.54, 1.807) is 0 Å². The van der Waals surface area contributed by atoms with Crippen LogP contribution in [0.2, 0.25) is 10.0 Å². The molecule has 2 N–H and O–H groups in total. The standard InChI is InChI=1S/C13H9Cl2FN2O2S/c14-7-3-5(4-8(15)10(7)16)17-13-18-11-6(12(19)20)1-2-9(11)21-13/h3-4,6H,1-2H2,(H,17,18)(H,19,20). The summed E-state index contributed by atoms with van der Waals surface area (Å²) >= 11 is 12.9. The molecule has 0 amide bonds. The van der Waals surface area contributed by atoms with E-state index in [9.17, 15) is 9.18 Å². The molecule has 3 rings (SSSR count). The molecule has 4 nitrogen and oxygen atoms in total. The summed E-state index contributed by atoms with van der Waals surface area (Å²) in [5.41, 5.74) is 1.11. The van der Waals surface area contributed by atoms with Gasteiger partial charge in [0.15, 0.2) is 10.9 Å². The van der Waals surface area contributed by atoms with Crippen LogP contribution in [0.1, 0.15) is 22.9 Å². The maximum Gasteiger partial charge on any atom is 0.312 e. The van der Waals surface area contributed by atoms with Crippen molar-refractivity contribution in [2.45, 2.75) is 18.8 Å². The number of aryl methyl sites for hydroxylation is 1. The van der Waals surface area contributed by atoms with Gasteiger partial charge in [-0.2, -0.15) is 0 Å². The highest BCUT2D eigenvalue weighted by atomic mass is 35.5. The Bertz CT molecular complexity index is 712. The molecule has 0 saturated heterocycles. The summed E-state index contributed by atoms with van der Waals surface area (Å²) < 4.78 is 13.4. The lowest BCUT2D eigenvalue weighted by atomic mass is 10.1. The van der Waals surface area contributed by atoms with Crippen LogP contribution in [0.15, 0.2) is 12.1 Å². The van der Waals surface area contributed by atoms with Crippen LogP contribution in [0.5, 0.6) is 0 Å². The number of carboxylic acids is 1. The van der Waals surface area contributed by atoms with Crippen LogP contribution >= 0.6 is 34.5 Å². The lowest BCUT2D eigenvalue weighted by Crippen LogP contribution is -2.08. The number of hydrogen-bond donors (Lipinski definition) is 2. The number of carbonyl (C=O) groups is 1. The predicted molar refractivity (Wildman–Crippen MR) is 80.5 cm³/mol. The van der Waals surface area contributed by atoms with E-state index in [4.69, 9.17) is 28.3 Å². The second-order valence-corrected chi connectivity index (χ2v) is 6.53. The van der Waals surface area contributed by atoms with Crippen LogP contribution in [-0.2, 0) is 11.2 Å². The normalized spacial score (nSPS) is 16.8. The summed E-state index contributed by atoms with van der Waals surface area (Å²) in [6, 6.07) is 2.81. The highest BCUT2D eigenvalue weighted by Gasteiger charge is 2.32. The minimum atomic E-state index is -0.863. The molecule has 0 radical (unpaired) electrons. The van der Waals surface area contributed by atoms with Crippen LogP contribution in [0.4, 0.5) is 15.2 Å². The van der Waals surface area contributed by atoms with E-state index in [0.717, 1.165) is 4.88 Å². The van der Waals surface area contributed by atoms with E-state index >= 15 is 0 Å². The Morgan fingerprint density at radius 1 is 1.43 bits per heavy atom. The van der Waals surface area contributed by atoms with Crippen molar-refractivity contribution in [2.24, 2.45) is 0 Å². The number of carboxylic acid groups (broad SMARTS) is 1. The molecule has 0 fully saturated rings. The number of hydrogen-bond acceptors (Lipinski definition) is 4. The fourth-order valence-corrected chi connectivity index (χ4v) is 3.82. The molecule has 1 heterocycles. The van der Waals surface area contributed by atoms with Gasteiger partial charge < -0.3 is 10.4 Å². The molecular weight excluding hydrogens is 338 g/mol. The quantitative estimate of drug-likeness (QED) is 0.806. The van der Waals surface area contributed by atoms with Crippen LogP contribution in [0.25, 0.3) is 0 Å². The Morgan fingerprint density at radius 2 is 2.10 bits per heavy atom. The second kappa shape index (κ2) is 5.44. The molecule has 1 atom stereocenters. The zero-order valence-corrected chi connectivity index (χ0v) is 12.8. The monoisotopic (exact) mass is 346 g/mol. The van der Waals surface area contributed by atoms with E-state index in [1.807, 2.05) is 0 Å². The first-order valence-electron chi connectivity index (χ1n) is 6.09. The molecule has 21 heavy (non-hydrogen) atoms. The Morgan fingerprint density at radius 3 is 2.71 bits per heavy atom. The van der Waals surface area contributed by atoms with Gasteiger partial charge in [0.05, 0.1) is 15.7 Å². The maximum atomic E-state index is 13.4. The number of aliphatic carboxylic acids is 1. The van der Waals surface area contributed by atoms with Crippen LogP contribution in [-0.4, -0.2) is 16.1 Å². The van der Waals surface area contributed by atoms with Gasteiger partial charge in [-0.1, -0.05) is 23.2 Å². The van der Waals surface area contributed by atoms with Crippen molar-refractivity contribution >= 4 is 51.3 Å². The number of benzene rings is 1. The van der Waals surface area contributed by atoms with E-state index < -0.39 is 17.7 Å². The van der Waals surface area contributed by atoms with Gasteiger partial charge in [-0.05, 0) is 25.0 Å². The highest BCUT2D eigenvalue weighted by Crippen LogP contribution is 2.39. The fourth-order valence-electron chi connectivity index (χ4n) is 2.27. The van der Waals surface area contributed by atoms with Gasteiger partial charge in [-0.3, -0.25) is 4.79 Å². The third kappa shape index (κ3) is 2.71. The predicted octanol–water partition coefficient (Wildman–Crippen LogP) is 4.45. The van der Waals surface area contributed by atoms with Crippen molar-refractivity contribution in [1.29, 1.82) is 0 Å². The molecular formula is C13H9Cl2FN2O2S. The summed E-state index contributed by atoms with van der Waals surface area (Å²) in [6.45, 7) is 0. The fraction of sp³-hybridized carbons (Fsp3) is 0.231. The van der Waals surface area contributed by atoms with Gasteiger partial charge in [0.1, 0.15) is 5.92 Å². The van der Waals surface area contributed by atoms with Crippen molar-refractivity contribution in [3.8, 4) is 0 Å². The molecule has 1 aromatic heterocycles. The highest BCUT2D eigenvalue weighted by molar-refractivity contribution is 7.15. The lowest BCUT2D eigenvalue weighted by molar-refractivity contribution is -0.138. The SMILES string of the molecule is O=C(O)C1CCc2sc(Nc3cc(Cl)c(F)c(Cl)c3)nc21. The Hall–Kier alpha value is -1.37. The van der Waals surface area contributed by atoms with Crippen LogP contribution < -0.4 is 5.32 Å². The molecule has 1 aliphatic carbocycles. The topological polar surface area (TPSA) is 62.2 Å². The van der Waals surface area contributed by atoms with Gasteiger partial charge in [0.2, 0.25) is 0 Å². The maximum absolute atomic E-state index is 13.4. The van der Waals surface area contributed by atoms with Gasteiger partial charge in [0, 0.05) is 10.6 Å². The summed E-state index contributed by atoms with van der Waals surface area (Å²) in [7, 11) is 0. The molecule has 8 heteroatoms. The van der Waals surface area contributed by atoms with E-state index in [-0.39, 0.29) is 10.0 Å². The molecule has 0 spiro atoms. The Labute approximate surface area is 133 Å². The van der Waals surface area contributed by atoms with E-state index in [0.29, 0.717) is 29.4 Å². The van der Waals surface area contributed by atoms with Gasteiger partial charge >= 0.3 is 5.97 Å². The molecule has 0 bridgehead atoms. The molecule has 0 aliphatic heterocycles. The third-order valence-electron chi connectivity index (χ3n) is 3.25. The number of rotatable bonds is 3. The number of thiazole rings is 1. The van der Waals surface area contributed by atoms with Crippen LogP contribution in [0, 0.1) is 5.82 Å². The Kier molecular flexibility index (Phi) is 3.77. The summed E-state index contributed by atoms with van der Waals surface area (Å²) in [4.78, 5) is 16.4. The van der Waals surface area contributed by atoms with Gasteiger partial charge in [-0.25, -0.2) is 9.37 Å². The van der Waals surface area contributed by atoms with Crippen molar-refractivity contribution in [3.05, 3.63) is 38.6 Å². The van der Waals surface area contributed by atoms with Gasteiger partial charge in [0.25, 0.3) is 0 Å². The number of nitrogens with one attached hydrogen (secondary N) is 1. The lowest BCUT2D eigenvalue weighted by Gasteiger charge is -2.06. The van der Waals surface area contributed by atoms with Crippen LogP contribution in [0.3, 0.4) is 0 Å². The first-order chi connectivity index (χ1) is 9.95. The number of anilines is 2. The van der Waals surface area contributed by atoms with Crippen molar-refractivity contribution in [1.82, 2.24) is 4.98 Å². The molecule has 1 unspecified atom stereocenters. The average molecular weight is 347 g/mol. The number of aromatic nitrogens is 1. The van der Waals surface area contributed by atoms with Crippen molar-refractivity contribution in [3.63, 3.8) is 0 Å². The minimum absolute atomic E-state index is 0.0856. The average Bonchev–Trinajstić information content (AvgIpc) is 2.94. The van der Waals surface area contributed by atoms with E-state index in [2.05, 4.69) is 10.3 Å². The molecule has 2 aromatic rings. The smallest absolute Gasteiger partial charge is 0.312 e. The first kappa shape index (κ1) is 14.6. The van der Waals surface area contributed by atoms with Crippen molar-refractivity contribution in [2.75, 3.05) is 5.32 Å². The number of nitrogens with zero attached hydrogens (tertiary/aromatic N) is 1.